The Morgan fingerprint density at radius 1 is 0.943 bits per heavy atom. The third kappa shape index (κ3) is 7.15. The maximum Gasteiger partial charge on any atom is 0.377 e. The number of nitrogens with zero attached hydrogens (tertiary/aromatic N) is 1. The van der Waals surface area contributed by atoms with Crippen LogP contribution in [0.5, 0.6) is 5.75 Å². The molecule has 0 saturated carbocycles. The monoisotopic (exact) mass is 517 g/mol. The van der Waals surface area contributed by atoms with Gasteiger partial charge in [-0.25, -0.2) is 9.24 Å². The van der Waals surface area contributed by atoms with E-state index in [1.54, 1.807) is 24.3 Å². The molecular formula is C28H40NO4PS. The summed E-state index contributed by atoms with van der Waals surface area (Å²) in [7, 11) is 0. The van der Waals surface area contributed by atoms with Crippen LogP contribution in [0.4, 0.5) is 0 Å². The van der Waals surface area contributed by atoms with Gasteiger partial charge in [0.15, 0.2) is 0 Å². The number of benzene rings is 2. The van der Waals surface area contributed by atoms with Crippen LogP contribution in [0.2, 0.25) is 0 Å². The van der Waals surface area contributed by atoms with Crippen molar-refractivity contribution in [2.75, 3.05) is 13.1 Å². The second-order valence-electron chi connectivity index (χ2n) is 9.34. The lowest BCUT2D eigenvalue weighted by Gasteiger charge is -2.32. The van der Waals surface area contributed by atoms with Crippen LogP contribution in [0.1, 0.15) is 78.2 Å². The molecule has 192 valence electrons. The van der Waals surface area contributed by atoms with E-state index in [1.165, 1.54) is 11.4 Å². The van der Waals surface area contributed by atoms with E-state index in [0.29, 0.717) is 27.7 Å². The summed E-state index contributed by atoms with van der Waals surface area (Å²) in [4.78, 5) is 13.2. The van der Waals surface area contributed by atoms with Gasteiger partial charge in [-0.3, -0.25) is 4.79 Å². The van der Waals surface area contributed by atoms with Crippen molar-refractivity contribution < 1.29 is 13.5 Å². The van der Waals surface area contributed by atoms with Crippen molar-refractivity contribution in [3.05, 3.63) is 52.2 Å². The number of hydrogen-bond donors (Lipinski definition) is 0. The van der Waals surface area contributed by atoms with E-state index >= 15 is 0 Å². The molecule has 0 aliphatic rings. The Hall–Kier alpha value is -1.75. The van der Waals surface area contributed by atoms with E-state index in [9.17, 15) is 9.36 Å². The Bertz CT molecular complexity index is 1210. The molecule has 2 unspecified atom stereocenters. The van der Waals surface area contributed by atoms with Gasteiger partial charge in [0.1, 0.15) is 16.9 Å². The molecule has 0 bridgehead atoms. The molecule has 2 aromatic carbocycles. The predicted octanol–water partition coefficient (Wildman–Crippen LogP) is 8.96. The van der Waals surface area contributed by atoms with Gasteiger partial charge in [-0.1, -0.05) is 59.4 Å². The van der Waals surface area contributed by atoms with Crippen molar-refractivity contribution >= 4 is 40.0 Å². The van der Waals surface area contributed by atoms with E-state index in [2.05, 4.69) is 32.4 Å². The number of fused-ring (bicyclic) bond motifs is 2. The highest BCUT2D eigenvalue weighted by atomic mass is 32.7. The fourth-order valence-corrected chi connectivity index (χ4v) is 9.16. The molecule has 35 heavy (non-hydrogen) atoms. The van der Waals surface area contributed by atoms with Crippen LogP contribution >= 0.6 is 18.1 Å². The summed E-state index contributed by atoms with van der Waals surface area (Å²) in [5, 5.41) is 1.18. The summed E-state index contributed by atoms with van der Waals surface area (Å²) in [6, 6.07) is 10.8. The van der Waals surface area contributed by atoms with E-state index in [-0.39, 0.29) is 10.7 Å². The number of rotatable bonds is 14. The van der Waals surface area contributed by atoms with E-state index < -0.39 is 6.72 Å². The molecule has 5 nitrogen and oxygen atoms in total. The van der Waals surface area contributed by atoms with Gasteiger partial charge in [-0.05, 0) is 73.5 Å². The van der Waals surface area contributed by atoms with Gasteiger partial charge < -0.3 is 8.94 Å². The van der Waals surface area contributed by atoms with Gasteiger partial charge in [0, 0.05) is 18.3 Å². The van der Waals surface area contributed by atoms with Crippen LogP contribution < -0.4 is 9.95 Å². The lowest BCUT2D eigenvalue weighted by Crippen LogP contribution is -2.25. The molecular weight excluding hydrogens is 477 g/mol. The third-order valence-corrected chi connectivity index (χ3v) is 11.6. The predicted molar refractivity (Wildman–Crippen MR) is 151 cm³/mol. The minimum absolute atomic E-state index is 0.0983. The normalized spacial score (nSPS) is 14.5. The number of hydrogen-bond acceptors (Lipinski definition) is 5. The minimum Gasteiger partial charge on any atom is -0.456 e. The second-order valence-corrected chi connectivity index (χ2v) is 14.1. The van der Waals surface area contributed by atoms with Crippen molar-refractivity contribution in [2.24, 2.45) is 0 Å². The molecule has 0 fully saturated rings. The van der Waals surface area contributed by atoms with Crippen molar-refractivity contribution in [2.45, 2.75) is 84.8 Å². The van der Waals surface area contributed by atoms with Crippen LogP contribution in [-0.2, 0) is 4.57 Å². The van der Waals surface area contributed by atoms with Gasteiger partial charge in [0.2, 0.25) is 5.43 Å². The van der Waals surface area contributed by atoms with Gasteiger partial charge >= 0.3 is 6.72 Å². The van der Waals surface area contributed by atoms with Crippen LogP contribution in [0, 0.1) is 6.92 Å². The molecule has 3 rings (SSSR count). The summed E-state index contributed by atoms with van der Waals surface area (Å²) in [5.74, 6) is 0.450. The maximum absolute atomic E-state index is 14.5. The first-order valence-corrected chi connectivity index (χ1v) is 16.1. The molecule has 1 heterocycles. The Kier molecular flexibility index (Phi) is 10.3. The molecule has 0 saturated heterocycles. The van der Waals surface area contributed by atoms with Crippen LogP contribution in [0.25, 0.3) is 21.9 Å². The SMILES string of the molecule is CCCCCN(CCCCC)P(=O)(Oc1ccc2oc3cc(C)ccc3c(=O)c2c1)SC(C)CC. The molecule has 7 heteroatoms. The lowest BCUT2D eigenvalue weighted by molar-refractivity contribution is 0.351. The van der Waals surface area contributed by atoms with Crippen molar-refractivity contribution in [3.63, 3.8) is 0 Å². The first kappa shape index (κ1) is 27.8. The smallest absolute Gasteiger partial charge is 0.377 e. The van der Waals surface area contributed by atoms with E-state index in [4.69, 9.17) is 8.94 Å². The Balaban J connectivity index is 1.99. The van der Waals surface area contributed by atoms with Crippen molar-refractivity contribution in [1.82, 2.24) is 4.67 Å². The summed E-state index contributed by atoms with van der Waals surface area (Å²) >= 11 is 1.44. The van der Waals surface area contributed by atoms with Gasteiger partial charge in [-0.2, -0.15) is 0 Å². The number of unbranched alkanes of at least 4 members (excludes halogenated alkanes) is 4. The second kappa shape index (κ2) is 13.0. The van der Waals surface area contributed by atoms with Crippen LogP contribution in [0.3, 0.4) is 0 Å². The molecule has 0 N–H and O–H groups in total. The zero-order valence-electron chi connectivity index (χ0n) is 21.8. The Morgan fingerprint density at radius 2 is 1.63 bits per heavy atom. The molecule has 2 atom stereocenters. The number of aryl methyl sites for hydroxylation is 1. The maximum atomic E-state index is 14.5. The quantitative estimate of drug-likeness (QED) is 0.121. The topological polar surface area (TPSA) is 59.8 Å². The first-order chi connectivity index (χ1) is 16.8. The molecule has 1 aromatic heterocycles. The average Bonchev–Trinajstić information content (AvgIpc) is 2.83. The summed E-state index contributed by atoms with van der Waals surface area (Å²) in [6.45, 7) is 8.79. The highest BCUT2D eigenvalue weighted by Gasteiger charge is 2.35. The molecule has 0 spiro atoms. The van der Waals surface area contributed by atoms with Gasteiger partial charge in [0.25, 0.3) is 0 Å². The van der Waals surface area contributed by atoms with E-state index in [1.807, 2.05) is 19.1 Å². The van der Waals surface area contributed by atoms with Gasteiger partial charge in [-0.15, -0.1) is 0 Å². The highest BCUT2D eigenvalue weighted by Crippen LogP contribution is 2.64. The van der Waals surface area contributed by atoms with Crippen molar-refractivity contribution in [3.8, 4) is 5.75 Å². The fourth-order valence-electron chi connectivity index (χ4n) is 4.02. The molecule has 0 radical (unpaired) electrons. The lowest BCUT2D eigenvalue weighted by atomic mass is 10.1. The zero-order chi connectivity index (χ0) is 25.4. The van der Waals surface area contributed by atoms with Crippen LogP contribution in [-0.4, -0.2) is 23.0 Å². The molecule has 3 aromatic rings. The van der Waals surface area contributed by atoms with Crippen molar-refractivity contribution in [1.29, 1.82) is 0 Å². The fraction of sp³-hybridized carbons (Fsp3) is 0.536. The summed E-state index contributed by atoms with van der Waals surface area (Å²) in [5.41, 5.74) is 2.02. The molecule has 0 aliphatic carbocycles. The zero-order valence-corrected chi connectivity index (χ0v) is 23.6. The third-order valence-electron chi connectivity index (χ3n) is 6.29. The summed E-state index contributed by atoms with van der Waals surface area (Å²) < 4.78 is 28.9. The van der Waals surface area contributed by atoms with Crippen LogP contribution in [0.15, 0.2) is 45.6 Å². The standard InChI is InChI=1S/C28H40NO4PS/c1-6-9-11-17-29(18-12-10-7-2)34(31,35-22(5)8-3)33-23-14-16-26-25(20-23)28(30)24-15-13-21(4)19-27(24)32-26/h13-16,19-20,22H,6-12,17-18H2,1-5H3. The average molecular weight is 518 g/mol. The Morgan fingerprint density at radius 3 is 2.26 bits per heavy atom. The van der Waals surface area contributed by atoms with Gasteiger partial charge in [0.05, 0.1) is 10.8 Å². The van der Waals surface area contributed by atoms with E-state index in [0.717, 1.165) is 63.6 Å². The highest BCUT2D eigenvalue weighted by molar-refractivity contribution is 8.56. The first-order valence-electron chi connectivity index (χ1n) is 13.0. The Labute approximate surface area is 213 Å². The molecule has 0 amide bonds. The minimum atomic E-state index is -3.23. The largest absolute Gasteiger partial charge is 0.456 e. The summed E-state index contributed by atoms with van der Waals surface area (Å²) in [6.07, 6.45) is 7.31. The molecule has 0 aliphatic heterocycles.